The molecule has 1 aromatic rings. The normalized spacial score (nSPS) is 12.3. The maximum Gasteiger partial charge on any atom is 0.408 e. The third-order valence-electron chi connectivity index (χ3n) is 2.81. The molecule has 2 amide bonds. The van der Waals surface area contributed by atoms with Gasteiger partial charge in [0, 0.05) is 0 Å². The van der Waals surface area contributed by atoms with Crippen LogP contribution < -0.4 is 10.6 Å². The van der Waals surface area contributed by atoms with E-state index in [1.807, 2.05) is 30.3 Å². The Morgan fingerprint density at radius 1 is 1.21 bits per heavy atom. The highest BCUT2D eigenvalue weighted by Crippen LogP contribution is 2.06. The van der Waals surface area contributed by atoms with Crippen molar-refractivity contribution in [2.24, 2.45) is 0 Å². The maximum absolute atomic E-state index is 11.8. The topological polar surface area (TPSA) is 96.9 Å². The van der Waals surface area contributed by atoms with Crippen LogP contribution in [0.5, 0.6) is 0 Å². The van der Waals surface area contributed by atoms with Gasteiger partial charge in [-0.3, -0.25) is 4.79 Å². The average molecular weight is 338 g/mol. The van der Waals surface area contributed by atoms with E-state index in [0.29, 0.717) is 6.61 Å². The van der Waals surface area contributed by atoms with Crippen LogP contribution in [0, 0.1) is 0 Å². The Hall–Kier alpha value is -2.12. The number of nitrogens with one attached hydrogen (secondary N) is 2. The molecule has 0 saturated carbocycles. The van der Waals surface area contributed by atoms with Gasteiger partial charge in [0.1, 0.15) is 12.1 Å². The predicted octanol–water partition coefficient (Wildman–Crippen LogP) is 1.21. The molecule has 134 valence electrons. The summed E-state index contributed by atoms with van der Waals surface area (Å²) in [5.74, 6) is -0.428. The lowest BCUT2D eigenvalue weighted by molar-refractivity contribution is -0.121. The van der Waals surface area contributed by atoms with Gasteiger partial charge in [0.05, 0.1) is 25.9 Å². The van der Waals surface area contributed by atoms with E-state index < -0.39 is 23.6 Å². The van der Waals surface area contributed by atoms with E-state index in [4.69, 9.17) is 9.47 Å². The summed E-state index contributed by atoms with van der Waals surface area (Å²) in [5.41, 5.74) is 0.381. The number of aliphatic hydroxyl groups is 1. The Labute approximate surface area is 142 Å². The zero-order valence-electron chi connectivity index (χ0n) is 14.4. The summed E-state index contributed by atoms with van der Waals surface area (Å²) in [4.78, 5) is 23.2. The van der Waals surface area contributed by atoms with Crippen LogP contribution in [-0.4, -0.2) is 48.5 Å². The van der Waals surface area contributed by atoms with E-state index in [0.717, 1.165) is 5.56 Å². The lowest BCUT2D eigenvalue weighted by Gasteiger charge is -2.20. The zero-order valence-corrected chi connectivity index (χ0v) is 14.4. The number of benzene rings is 1. The van der Waals surface area contributed by atoms with Gasteiger partial charge in [-0.05, 0) is 26.3 Å². The number of aliphatic hydroxyl groups excluding tert-OH is 1. The van der Waals surface area contributed by atoms with Crippen LogP contribution in [0.2, 0.25) is 0 Å². The fraction of sp³-hybridized carbons (Fsp3) is 0.529. The van der Waals surface area contributed by atoms with E-state index >= 15 is 0 Å². The number of carbonyl (C=O) groups excluding carboxylic acids is 2. The molecule has 7 nitrogen and oxygen atoms in total. The summed E-state index contributed by atoms with van der Waals surface area (Å²) < 4.78 is 10.5. The molecular formula is C17H26N2O5. The lowest BCUT2D eigenvalue weighted by atomic mass is 10.2. The van der Waals surface area contributed by atoms with Crippen LogP contribution in [0.15, 0.2) is 30.3 Å². The van der Waals surface area contributed by atoms with Gasteiger partial charge >= 0.3 is 6.09 Å². The first-order valence-corrected chi connectivity index (χ1v) is 7.79. The minimum absolute atomic E-state index is 0.170. The highest BCUT2D eigenvalue weighted by Gasteiger charge is 2.17. The molecule has 1 rings (SSSR count). The van der Waals surface area contributed by atoms with E-state index in [1.165, 1.54) is 0 Å². The number of rotatable bonds is 8. The van der Waals surface area contributed by atoms with E-state index in [9.17, 15) is 14.7 Å². The predicted molar refractivity (Wildman–Crippen MR) is 89.4 cm³/mol. The monoisotopic (exact) mass is 338 g/mol. The van der Waals surface area contributed by atoms with Crippen LogP contribution in [-0.2, 0) is 20.9 Å². The molecule has 0 saturated heterocycles. The van der Waals surface area contributed by atoms with Crippen LogP contribution in [0.3, 0.4) is 0 Å². The van der Waals surface area contributed by atoms with Gasteiger partial charge in [-0.25, -0.2) is 4.79 Å². The van der Waals surface area contributed by atoms with Crippen molar-refractivity contribution in [3.63, 3.8) is 0 Å². The van der Waals surface area contributed by atoms with Crippen LogP contribution in [0.25, 0.3) is 0 Å². The van der Waals surface area contributed by atoms with Crippen molar-refractivity contribution in [2.75, 3.05) is 19.8 Å². The Morgan fingerprint density at radius 3 is 2.46 bits per heavy atom. The third kappa shape index (κ3) is 9.12. The van der Waals surface area contributed by atoms with Crippen molar-refractivity contribution in [2.45, 2.75) is 39.0 Å². The Balaban J connectivity index is 2.26. The first kappa shape index (κ1) is 19.9. The molecule has 0 bridgehead atoms. The zero-order chi connectivity index (χ0) is 18.0. The summed E-state index contributed by atoms with van der Waals surface area (Å²) in [7, 11) is 0. The quantitative estimate of drug-likeness (QED) is 0.662. The molecule has 0 unspecified atom stereocenters. The van der Waals surface area contributed by atoms with Crippen molar-refractivity contribution in [3.05, 3.63) is 35.9 Å². The number of alkyl carbamates (subject to hydrolysis) is 1. The molecule has 0 aliphatic rings. The second-order valence-electron chi connectivity index (χ2n) is 6.30. The van der Waals surface area contributed by atoms with Crippen molar-refractivity contribution in [1.29, 1.82) is 0 Å². The van der Waals surface area contributed by atoms with Gasteiger partial charge in [0.15, 0.2) is 0 Å². The lowest BCUT2D eigenvalue weighted by Crippen LogP contribution is -2.46. The second kappa shape index (κ2) is 9.89. The first-order valence-electron chi connectivity index (χ1n) is 7.79. The van der Waals surface area contributed by atoms with Crippen LogP contribution in [0.4, 0.5) is 4.79 Å². The van der Waals surface area contributed by atoms with E-state index in [1.54, 1.807) is 20.8 Å². The highest BCUT2D eigenvalue weighted by molar-refractivity contribution is 5.82. The molecular weight excluding hydrogens is 312 g/mol. The first-order chi connectivity index (χ1) is 11.3. The van der Waals surface area contributed by atoms with E-state index in [2.05, 4.69) is 10.6 Å². The Kier molecular flexibility index (Phi) is 8.21. The van der Waals surface area contributed by atoms with Crippen LogP contribution in [0.1, 0.15) is 26.3 Å². The number of carbonyl (C=O) groups is 2. The largest absolute Gasteiger partial charge is 0.444 e. The van der Waals surface area contributed by atoms with Crippen molar-refractivity contribution >= 4 is 12.0 Å². The molecule has 0 aliphatic heterocycles. The molecule has 0 heterocycles. The molecule has 0 spiro atoms. The SMILES string of the molecule is CC(C)(C)OC(=O)NCC(=O)N[C@H](CO)COCc1ccccc1. The second-order valence-corrected chi connectivity index (χ2v) is 6.30. The Bertz CT molecular complexity index is 513. The molecule has 0 radical (unpaired) electrons. The molecule has 0 fully saturated rings. The molecule has 1 aromatic carbocycles. The van der Waals surface area contributed by atoms with Gasteiger partial charge in [0.2, 0.25) is 5.91 Å². The molecule has 0 aliphatic carbocycles. The van der Waals surface area contributed by atoms with Gasteiger partial charge in [-0.2, -0.15) is 0 Å². The number of hydrogen-bond acceptors (Lipinski definition) is 5. The smallest absolute Gasteiger partial charge is 0.408 e. The molecule has 1 atom stereocenters. The van der Waals surface area contributed by atoms with Crippen molar-refractivity contribution in [3.8, 4) is 0 Å². The molecule has 3 N–H and O–H groups in total. The van der Waals surface area contributed by atoms with Gasteiger partial charge in [0.25, 0.3) is 0 Å². The maximum atomic E-state index is 11.8. The summed E-state index contributed by atoms with van der Waals surface area (Å²) in [6, 6.07) is 9.05. The van der Waals surface area contributed by atoms with Gasteiger partial charge in [-0.15, -0.1) is 0 Å². The average Bonchev–Trinajstić information content (AvgIpc) is 2.51. The molecule has 0 aromatic heterocycles. The fourth-order valence-corrected chi connectivity index (χ4v) is 1.78. The van der Waals surface area contributed by atoms with Gasteiger partial charge < -0.3 is 25.2 Å². The minimum Gasteiger partial charge on any atom is -0.444 e. The molecule has 24 heavy (non-hydrogen) atoms. The third-order valence-corrected chi connectivity index (χ3v) is 2.81. The van der Waals surface area contributed by atoms with Gasteiger partial charge in [-0.1, -0.05) is 30.3 Å². The number of hydrogen-bond donors (Lipinski definition) is 3. The highest BCUT2D eigenvalue weighted by atomic mass is 16.6. The molecule has 7 heteroatoms. The minimum atomic E-state index is -0.668. The summed E-state index contributed by atoms with van der Waals surface area (Å²) in [5, 5.41) is 14.2. The van der Waals surface area contributed by atoms with Crippen LogP contribution >= 0.6 is 0 Å². The standard InChI is InChI=1S/C17H26N2O5/c1-17(2,3)24-16(22)18-9-15(21)19-14(10-20)12-23-11-13-7-5-4-6-8-13/h4-8,14,20H,9-12H2,1-3H3,(H,18,22)(H,19,21)/t14-/m1/s1. The summed E-state index contributed by atoms with van der Waals surface area (Å²) in [6.07, 6.45) is -0.668. The van der Waals surface area contributed by atoms with E-state index in [-0.39, 0.29) is 19.8 Å². The van der Waals surface area contributed by atoms with Crippen molar-refractivity contribution in [1.82, 2.24) is 10.6 Å². The fourth-order valence-electron chi connectivity index (χ4n) is 1.78. The summed E-state index contributed by atoms with van der Waals surface area (Å²) >= 11 is 0. The summed E-state index contributed by atoms with van der Waals surface area (Å²) in [6.45, 7) is 5.28. The Morgan fingerprint density at radius 2 is 1.88 bits per heavy atom. The number of amides is 2. The number of ether oxygens (including phenoxy) is 2. The van der Waals surface area contributed by atoms with Crippen molar-refractivity contribution < 1.29 is 24.2 Å².